The van der Waals surface area contributed by atoms with Crippen LogP contribution in [0.3, 0.4) is 0 Å². The van der Waals surface area contributed by atoms with Gasteiger partial charge in [0, 0.05) is 17.1 Å². The number of ether oxygens (including phenoxy) is 1. The number of hydrogen-bond acceptors (Lipinski definition) is 5. The minimum atomic E-state index is -4.16. The van der Waals surface area contributed by atoms with E-state index in [1.165, 1.54) is 23.1 Å². The van der Waals surface area contributed by atoms with Crippen molar-refractivity contribution in [3.63, 3.8) is 0 Å². The molecule has 0 spiro atoms. The fourth-order valence-electron chi connectivity index (χ4n) is 4.01. The lowest BCUT2D eigenvalue weighted by atomic mass is 10.1. The zero-order chi connectivity index (χ0) is 29.7. The Balaban J connectivity index is 2.06. The van der Waals surface area contributed by atoms with E-state index in [0.717, 1.165) is 15.4 Å². The molecule has 0 aliphatic rings. The number of rotatable bonds is 10. The van der Waals surface area contributed by atoms with Gasteiger partial charge in [-0.05, 0) is 82.1 Å². The SMILES string of the molecule is COc1cccc(CN(C(=O)CN(c2ccc(C)c(Cl)c2)S(=O)(=O)c2ccccc2)[C@@H](C)C(=O)NC(C)(C)C)c1. The molecule has 0 heterocycles. The quantitative estimate of drug-likeness (QED) is 0.353. The van der Waals surface area contributed by atoms with Crippen LogP contribution in [0, 0.1) is 6.92 Å². The Morgan fingerprint density at radius 3 is 2.27 bits per heavy atom. The maximum atomic E-state index is 14.0. The molecule has 40 heavy (non-hydrogen) atoms. The zero-order valence-electron chi connectivity index (χ0n) is 23.6. The normalized spacial score (nSPS) is 12.4. The Kier molecular flexibility index (Phi) is 9.87. The van der Waals surface area contributed by atoms with E-state index in [1.807, 2.05) is 26.8 Å². The monoisotopic (exact) mass is 585 g/mol. The number of carbonyl (C=O) groups excluding carboxylic acids is 2. The third-order valence-corrected chi connectivity index (χ3v) is 8.40. The fourth-order valence-corrected chi connectivity index (χ4v) is 5.61. The predicted molar refractivity (Wildman–Crippen MR) is 158 cm³/mol. The summed E-state index contributed by atoms with van der Waals surface area (Å²) < 4.78 is 34.0. The number of amides is 2. The highest BCUT2D eigenvalue weighted by Crippen LogP contribution is 2.28. The van der Waals surface area contributed by atoms with Gasteiger partial charge in [0.1, 0.15) is 18.3 Å². The average Bonchev–Trinajstić information content (AvgIpc) is 2.91. The minimum Gasteiger partial charge on any atom is -0.497 e. The van der Waals surface area contributed by atoms with Crippen molar-refractivity contribution in [3.05, 3.63) is 88.9 Å². The van der Waals surface area contributed by atoms with E-state index in [1.54, 1.807) is 69.5 Å². The van der Waals surface area contributed by atoms with Crippen LogP contribution in [0.1, 0.15) is 38.8 Å². The third kappa shape index (κ3) is 7.76. The highest BCUT2D eigenvalue weighted by atomic mass is 35.5. The molecular formula is C30H36ClN3O5S. The van der Waals surface area contributed by atoms with Gasteiger partial charge in [0.25, 0.3) is 10.0 Å². The van der Waals surface area contributed by atoms with E-state index in [0.29, 0.717) is 10.8 Å². The van der Waals surface area contributed by atoms with Crippen LogP contribution in [-0.2, 0) is 26.2 Å². The van der Waals surface area contributed by atoms with E-state index in [-0.39, 0.29) is 23.0 Å². The van der Waals surface area contributed by atoms with Gasteiger partial charge in [0.2, 0.25) is 11.8 Å². The first-order valence-electron chi connectivity index (χ1n) is 12.8. The van der Waals surface area contributed by atoms with Crippen LogP contribution in [-0.4, -0.2) is 50.4 Å². The molecule has 214 valence electrons. The molecule has 3 aromatic rings. The molecule has 0 radical (unpaired) electrons. The average molecular weight is 586 g/mol. The lowest BCUT2D eigenvalue weighted by Gasteiger charge is -2.33. The molecular weight excluding hydrogens is 550 g/mol. The number of carbonyl (C=O) groups is 2. The topological polar surface area (TPSA) is 96.0 Å². The molecule has 0 saturated heterocycles. The first-order valence-corrected chi connectivity index (χ1v) is 14.6. The second-order valence-corrected chi connectivity index (χ2v) is 12.8. The van der Waals surface area contributed by atoms with Crippen LogP contribution in [0.15, 0.2) is 77.7 Å². The molecule has 3 aromatic carbocycles. The summed E-state index contributed by atoms with van der Waals surface area (Å²) in [6.45, 7) is 8.48. The number of benzene rings is 3. The van der Waals surface area contributed by atoms with Crippen molar-refractivity contribution in [3.8, 4) is 5.75 Å². The Labute approximate surface area is 241 Å². The van der Waals surface area contributed by atoms with Gasteiger partial charge in [0.15, 0.2) is 0 Å². The van der Waals surface area contributed by atoms with Crippen LogP contribution in [0.2, 0.25) is 5.02 Å². The molecule has 0 saturated carbocycles. The van der Waals surface area contributed by atoms with Crippen LogP contribution >= 0.6 is 11.6 Å². The summed E-state index contributed by atoms with van der Waals surface area (Å²) in [5.41, 5.74) is 1.19. The number of aryl methyl sites for hydroxylation is 1. The van der Waals surface area contributed by atoms with Crippen molar-refractivity contribution in [2.24, 2.45) is 0 Å². The van der Waals surface area contributed by atoms with E-state index in [2.05, 4.69) is 5.32 Å². The maximum absolute atomic E-state index is 14.0. The number of nitrogens with zero attached hydrogens (tertiary/aromatic N) is 2. The summed E-state index contributed by atoms with van der Waals surface area (Å²) in [6.07, 6.45) is 0. The number of hydrogen-bond donors (Lipinski definition) is 1. The molecule has 1 N–H and O–H groups in total. The molecule has 0 aliphatic heterocycles. The number of nitrogens with one attached hydrogen (secondary N) is 1. The molecule has 3 rings (SSSR count). The summed E-state index contributed by atoms with van der Waals surface area (Å²) in [5.74, 6) is -0.325. The van der Waals surface area contributed by atoms with Crippen molar-refractivity contribution >= 4 is 39.1 Å². The lowest BCUT2D eigenvalue weighted by Crippen LogP contribution is -2.54. The van der Waals surface area contributed by atoms with Crippen LogP contribution in [0.4, 0.5) is 5.69 Å². The first kappa shape index (κ1) is 31.0. The number of methoxy groups -OCH3 is 1. The minimum absolute atomic E-state index is 0.0253. The smallest absolute Gasteiger partial charge is 0.264 e. The van der Waals surface area contributed by atoms with Crippen molar-refractivity contribution in [1.29, 1.82) is 0 Å². The van der Waals surface area contributed by atoms with Crippen molar-refractivity contribution in [1.82, 2.24) is 10.2 Å². The van der Waals surface area contributed by atoms with Gasteiger partial charge in [0.05, 0.1) is 17.7 Å². The molecule has 10 heteroatoms. The second-order valence-electron chi connectivity index (χ2n) is 10.5. The van der Waals surface area contributed by atoms with Crippen LogP contribution < -0.4 is 14.4 Å². The fraction of sp³-hybridized carbons (Fsp3) is 0.333. The summed E-state index contributed by atoms with van der Waals surface area (Å²) in [4.78, 5) is 28.6. The molecule has 0 unspecified atom stereocenters. The number of sulfonamides is 1. The molecule has 2 amide bonds. The van der Waals surface area contributed by atoms with Gasteiger partial charge < -0.3 is 15.0 Å². The van der Waals surface area contributed by atoms with Gasteiger partial charge in [-0.3, -0.25) is 13.9 Å². The van der Waals surface area contributed by atoms with E-state index in [9.17, 15) is 18.0 Å². The number of anilines is 1. The number of halogens is 1. The summed E-state index contributed by atoms with van der Waals surface area (Å²) in [6, 6.07) is 19.0. The summed E-state index contributed by atoms with van der Waals surface area (Å²) in [7, 11) is -2.62. The Morgan fingerprint density at radius 2 is 1.68 bits per heavy atom. The van der Waals surface area contributed by atoms with Gasteiger partial charge in [-0.15, -0.1) is 0 Å². The molecule has 0 bridgehead atoms. The second kappa shape index (κ2) is 12.7. The van der Waals surface area contributed by atoms with Crippen LogP contribution in [0.5, 0.6) is 5.75 Å². The van der Waals surface area contributed by atoms with Crippen molar-refractivity contribution in [2.45, 2.75) is 57.6 Å². The van der Waals surface area contributed by atoms with E-state index in [4.69, 9.17) is 16.3 Å². The summed E-state index contributed by atoms with van der Waals surface area (Å²) >= 11 is 6.36. The van der Waals surface area contributed by atoms with Gasteiger partial charge in [-0.25, -0.2) is 8.42 Å². The zero-order valence-corrected chi connectivity index (χ0v) is 25.2. The lowest BCUT2D eigenvalue weighted by molar-refractivity contribution is -0.140. The van der Waals surface area contributed by atoms with Gasteiger partial charge in [-0.2, -0.15) is 0 Å². The van der Waals surface area contributed by atoms with Gasteiger partial charge >= 0.3 is 0 Å². The van der Waals surface area contributed by atoms with Crippen molar-refractivity contribution < 1.29 is 22.7 Å². The Bertz CT molecular complexity index is 1460. The molecule has 0 fully saturated rings. The summed E-state index contributed by atoms with van der Waals surface area (Å²) in [5, 5.41) is 3.28. The largest absolute Gasteiger partial charge is 0.497 e. The van der Waals surface area contributed by atoms with Crippen LogP contribution in [0.25, 0.3) is 0 Å². The Hall–Kier alpha value is -3.56. The molecule has 1 atom stereocenters. The van der Waals surface area contributed by atoms with E-state index < -0.39 is 34.1 Å². The van der Waals surface area contributed by atoms with Crippen molar-refractivity contribution in [2.75, 3.05) is 18.0 Å². The molecule has 0 aromatic heterocycles. The van der Waals surface area contributed by atoms with Gasteiger partial charge in [-0.1, -0.05) is 48.0 Å². The van der Waals surface area contributed by atoms with E-state index >= 15 is 0 Å². The predicted octanol–water partition coefficient (Wildman–Crippen LogP) is 5.18. The highest BCUT2D eigenvalue weighted by Gasteiger charge is 2.33. The highest BCUT2D eigenvalue weighted by molar-refractivity contribution is 7.92. The third-order valence-electron chi connectivity index (χ3n) is 6.21. The Morgan fingerprint density at radius 1 is 1.00 bits per heavy atom. The molecule has 0 aliphatic carbocycles. The maximum Gasteiger partial charge on any atom is 0.264 e. The first-order chi connectivity index (χ1) is 18.7. The molecule has 8 nitrogen and oxygen atoms in total. The standard InChI is InChI=1S/C30H36ClN3O5S/c1-21-15-16-24(18-27(21)31)34(40(37,38)26-13-8-7-9-14-26)20-28(35)33(22(2)29(36)32-30(3,4)5)19-23-11-10-12-25(17-23)39-6/h7-18,22H,19-20H2,1-6H3,(H,32,36)/t22-/m0/s1.